The Balaban J connectivity index is 1.69. The number of hydrogen-bond acceptors (Lipinski definition) is 6. The highest BCUT2D eigenvalue weighted by atomic mass is 16.5. The van der Waals surface area contributed by atoms with E-state index in [1.165, 1.54) is 0 Å². The number of rotatable bonds is 12. The smallest absolute Gasteiger partial charge is 0.226 e. The summed E-state index contributed by atoms with van der Waals surface area (Å²) in [6, 6.07) is 7.63. The summed E-state index contributed by atoms with van der Waals surface area (Å²) < 4.78 is 16.0. The Bertz CT molecular complexity index is 771. The zero-order valence-electron chi connectivity index (χ0n) is 18.8. The van der Waals surface area contributed by atoms with Gasteiger partial charge in [0.15, 0.2) is 5.96 Å². The van der Waals surface area contributed by atoms with E-state index in [0.29, 0.717) is 18.3 Å². The molecule has 0 unspecified atom stereocenters. The molecule has 0 saturated carbocycles. The third-order valence-corrected chi connectivity index (χ3v) is 4.69. The van der Waals surface area contributed by atoms with Crippen LogP contribution in [0.1, 0.15) is 45.9 Å². The van der Waals surface area contributed by atoms with E-state index < -0.39 is 0 Å². The minimum Gasteiger partial charge on any atom is -0.497 e. The molecular weight excluding hydrogens is 382 g/mol. The molecule has 2 N–H and O–H groups in total. The number of nitrogens with one attached hydrogen (secondary N) is 2. The van der Waals surface area contributed by atoms with Crippen molar-refractivity contribution in [3.05, 3.63) is 30.2 Å². The van der Waals surface area contributed by atoms with Crippen molar-refractivity contribution < 1.29 is 14.0 Å². The summed E-state index contributed by atoms with van der Waals surface area (Å²) in [5, 5.41) is 10.7. The maximum atomic E-state index is 5.42. The van der Waals surface area contributed by atoms with Crippen molar-refractivity contribution in [2.75, 3.05) is 33.9 Å². The Labute approximate surface area is 179 Å². The molecule has 1 aromatic heterocycles. The first-order chi connectivity index (χ1) is 14.5. The third-order valence-electron chi connectivity index (χ3n) is 4.69. The van der Waals surface area contributed by atoms with Crippen LogP contribution in [0, 0.1) is 0 Å². The number of benzene rings is 1. The predicted octanol–water partition coefficient (Wildman–Crippen LogP) is 3.44. The zero-order valence-corrected chi connectivity index (χ0v) is 18.8. The van der Waals surface area contributed by atoms with Gasteiger partial charge in [0.1, 0.15) is 5.75 Å². The zero-order chi connectivity index (χ0) is 21.8. The number of unbranched alkanes of at least 4 members (excludes halogenated alkanes) is 2. The Kier molecular flexibility index (Phi) is 9.60. The van der Waals surface area contributed by atoms with Crippen molar-refractivity contribution >= 4 is 5.96 Å². The molecule has 8 nitrogen and oxygen atoms in total. The van der Waals surface area contributed by atoms with E-state index in [1.54, 1.807) is 14.2 Å². The van der Waals surface area contributed by atoms with Crippen molar-refractivity contribution in [1.82, 2.24) is 20.8 Å². The maximum absolute atomic E-state index is 5.42. The van der Waals surface area contributed by atoms with Crippen LogP contribution in [0.2, 0.25) is 0 Å². The van der Waals surface area contributed by atoms with Crippen LogP contribution in [0.25, 0.3) is 11.4 Å². The monoisotopic (exact) mass is 417 g/mol. The summed E-state index contributed by atoms with van der Waals surface area (Å²) in [5.41, 5.74) is 0.652. The molecule has 0 aliphatic heterocycles. The van der Waals surface area contributed by atoms with Crippen LogP contribution < -0.4 is 15.4 Å². The summed E-state index contributed by atoms with van der Waals surface area (Å²) in [4.78, 5) is 9.08. The van der Waals surface area contributed by atoms with Gasteiger partial charge in [-0.3, -0.25) is 4.99 Å². The molecule has 1 heterocycles. The molecule has 0 aliphatic carbocycles. The minimum atomic E-state index is -0.267. The highest BCUT2D eigenvalue weighted by molar-refractivity contribution is 5.79. The van der Waals surface area contributed by atoms with Gasteiger partial charge in [0.25, 0.3) is 0 Å². The molecule has 2 aromatic rings. The van der Waals surface area contributed by atoms with Gasteiger partial charge in [-0.05, 0) is 57.9 Å². The lowest BCUT2D eigenvalue weighted by Gasteiger charge is -2.21. The van der Waals surface area contributed by atoms with E-state index >= 15 is 0 Å². The van der Waals surface area contributed by atoms with Crippen molar-refractivity contribution in [1.29, 1.82) is 0 Å². The van der Waals surface area contributed by atoms with E-state index in [4.69, 9.17) is 14.0 Å². The largest absolute Gasteiger partial charge is 0.497 e. The number of hydrogen-bond donors (Lipinski definition) is 2. The van der Waals surface area contributed by atoms with Crippen LogP contribution in [0.15, 0.2) is 33.8 Å². The first-order valence-corrected chi connectivity index (χ1v) is 10.5. The van der Waals surface area contributed by atoms with Crippen LogP contribution in [-0.2, 0) is 11.2 Å². The number of aryl methyl sites for hydroxylation is 1. The first kappa shape index (κ1) is 23.7. The number of ether oxygens (including phenoxy) is 2. The molecule has 0 radical (unpaired) electrons. The summed E-state index contributed by atoms with van der Waals surface area (Å²) in [7, 11) is 3.35. The van der Waals surface area contributed by atoms with Crippen molar-refractivity contribution in [3.8, 4) is 17.1 Å². The average molecular weight is 418 g/mol. The van der Waals surface area contributed by atoms with Gasteiger partial charge in [-0.15, -0.1) is 0 Å². The normalized spacial score (nSPS) is 12.1. The van der Waals surface area contributed by atoms with E-state index in [0.717, 1.165) is 56.0 Å². The highest BCUT2D eigenvalue weighted by Gasteiger charge is 2.15. The van der Waals surface area contributed by atoms with E-state index in [2.05, 4.69) is 32.7 Å². The Morgan fingerprint density at radius 3 is 2.53 bits per heavy atom. The van der Waals surface area contributed by atoms with E-state index in [9.17, 15) is 0 Å². The van der Waals surface area contributed by atoms with Crippen LogP contribution in [0.5, 0.6) is 5.75 Å². The quantitative estimate of drug-likeness (QED) is 0.310. The molecule has 0 bridgehead atoms. The number of methoxy groups -OCH3 is 2. The SMILES string of the molecule is CCNC(=NCC(C)(C)OC)NCCCCCc1nc(-c2ccc(OC)cc2)no1. The molecule has 0 spiro atoms. The topological polar surface area (TPSA) is 93.8 Å². The van der Waals surface area contributed by atoms with Crippen LogP contribution in [0.3, 0.4) is 0 Å². The number of aromatic nitrogens is 2. The van der Waals surface area contributed by atoms with Gasteiger partial charge in [0.2, 0.25) is 11.7 Å². The molecule has 8 heteroatoms. The fraction of sp³-hybridized carbons (Fsp3) is 0.591. The highest BCUT2D eigenvalue weighted by Crippen LogP contribution is 2.20. The second-order valence-electron chi connectivity index (χ2n) is 7.64. The molecule has 1 aromatic carbocycles. The average Bonchev–Trinajstić information content (AvgIpc) is 3.23. The summed E-state index contributed by atoms with van der Waals surface area (Å²) in [5.74, 6) is 2.91. The summed E-state index contributed by atoms with van der Waals surface area (Å²) in [6.45, 7) is 8.40. The lowest BCUT2D eigenvalue weighted by molar-refractivity contribution is 0.0310. The second-order valence-corrected chi connectivity index (χ2v) is 7.64. The third kappa shape index (κ3) is 8.02. The summed E-state index contributed by atoms with van der Waals surface area (Å²) in [6.07, 6.45) is 3.88. The molecule has 2 rings (SSSR count). The number of guanidine groups is 1. The molecule has 166 valence electrons. The lowest BCUT2D eigenvalue weighted by Crippen LogP contribution is -2.39. The number of aliphatic imine (C=N–C) groups is 1. The van der Waals surface area contributed by atoms with Gasteiger partial charge < -0.3 is 24.6 Å². The second kappa shape index (κ2) is 12.2. The van der Waals surface area contributed by atoms with Gasteiger partial charge in [-0.25, -0.2) is 0 Å². The Morgan fingerprint density at radius 2 is 1.87 bits per heavy atom. The van der Waals surface area contributed by atoms with Gasteiger partial charge in [-0.1, -0.05) is 11.6 Å². The molecule has 0 amide bonds. The minimum absolute atomic E-state index is 0.267. The molecule has 0 atom stereocenters. The standard InChI is InChI=1S/C22H35N5O3/c1-6-23-21(25-16-22(2,3)29-5)24-15-9-7-8-10-19-26-20(27-30-19)17-11-13-18(28-4)14-12-17/h11-14H,6-10,15-16H2,1-5H3,(H2,23,24,25). The first-order valence-electron chi connectivity index (χ1n) is 10.5. The van der Waals surface area contributed by atoms with Crippen LogP contribution in [0.4, 0.5) is 0 Å². The van der Waals surface area contributed by atoms with E-state index in [-0.39, 0.29) is 5.60 Å². The maximum Gasteiger partial charge on any atom is 0.226 e. The van der Waals surface area contributed by atoms with Gasteiger partial charge >= 0.3 is 0 Å². The Morgan fingerprint density at radius 1 is 1.10 bits per heavy atom. The van der Waals surface area contributed by atoms with Gasteiger partial charge in [0, 0.05) is 32.2 Å². The van der Waals surface area contributed by atoms with Crippen molar-refractivity contribution in [2.24, 2.45) is 4.99 Å². The molecule has 30 heavy (non-hydrogen) atoms. The summed E-state index contributed by atoms with van der Waals surface area (Å²) >= 11 is 0. The molecule has 0 saturated heterocycles. The molecular formula is C22H35N5O3. The van der Waals surface area contributed by atoms with Crippen molar-refractivity contribution in [2.45, 2.75) is 52.1 Å². The fourth-order valence-corrected chi connectivity index (χ4v) is 2.67. The Hall–Kier alpha value is -2.61. The number of nitrogens with zero attached hydrogens (tertiary/aromatic N) is 3. The fourth-order valence-electron chi connectivity index (χ4n) is 2.67. The molecule has 0 fully saturated rings. The van der Waals surface area contributed by atoms with E-state index in [1.807, 2.05) is 38.1 Å². The lowest BCUT2D eigenvalue weighted by atomic mass is 10.1. The predicted molar refractivity (Wildman–Crippen MR) is 119 cm³/mol. The van der Waals surface area contributed by atoms with Crippen LogP contribution in [-0.4, -0.2) is 55.6 Å². The molecule has 0 aliphatic rings. The van der Waals surface area contributed by atoms with Gasteiger partial charge in [0.05, 0.1) is 19.3 Å². The van der Waals surface area contributed by atoms with Crippen LogP contribution >= 0.6 is 0 Å². The van der Waals surface area contributed by atoms with Gasteiger partial charge in [-0.2, -0.15) is 4.98 Å². The van der Waals surface area contributed by atoms with Crippen molar-refractivity contribution in [3.63, 3.8) is 0 Å².